The van der Waals surface area contributed by atoms with Crippen LogP contribution in [-0.2, 0) is 19.1 Å². The number of ether oxygens (including phenoxy) is 2. The van der Waals surface area contributed by atoms with E-state index in [4.69, 9.17) is 9.47 Å². The van der Waals surface area contributed by atoms with Crippen LogP contribution in [0.25, 0.3) is 0 Å². The summed E-state index contributed by atoms with van der Waals surface area (Å²) in [5, 5.41) is 2.11. The molecule has 0 N–H and O–H groups in total. The maximum atomic E-state index is 12.8. The molecule has 0 aromatic rings. The van der Waals surface area contributed by atoms with Gasteiger partial charge in [-0.1, -0.05) is 6.92 Å². The minimum Gasteiger partial charge on any atom is -0.438 e. The molecule has 2 heterocycles. The Kier molecular flexibility index (Phi) is 3.69. The van der Waals surface area contributed by atoms with Crippen LogP contribution in [0.5, 0.6) is 0 Å². The van der Waals surface area contributed by atoms with Crippen molar-refractivity contribution < 1.29 is 23.7 Å². The molecule has 3 rings (SSSR count). The van der Waals surface area contributed by atoms with Gasteiger partial charge in [0.15, 0.2) is 11.5 Å². The molecular formula is C15H21N2O4+. The van der Waals surface area contributed by atoms with E-state index in [1.54, 1.807) is 12.2 Å². The SMILES string of the molecule is CCC(=O)[N+]1(N2CCOCC2)C2=C(CC(=O)C=C2)OC1C. The fourth-order valence-electron chi connectivity index (χ4n) is 3.44. The summed E-state index contributed by atoms with van der Waals surface area (Å²) in [6, 6.07) is 0. The minimum atomic E-state index is -0.337. The van der Waals surface area contributed by atoms with Gasteiger partial charge in [-0.3, -0.25) is 4.79 Å². The number of hydrogen-bond acceptors (Lipinski definition) is 5. The van der Waals surface area contributed by atoms with Crippen molar-refractivity contribution in [2.45, 2.75) is 32.9 Å². The second-order valence-electron chi connectivity index (χ2n) is 5.50. The van der Waals surface area contributed by atoms with E-state index in [1.807, 2.05) is 13.8 Å². The average Bonchev–Trinajstić information content (AvgIpc) is 2.79. The van der Waals surface area contributed by atoms with Gasteiger partial charge >= 0.3 is 5.91 Å². The Morgan fingerprint density at radius 3 is 2.76 bits per heavy atom. The zero-order valence-corrected chi connectivity index (χ0v) is 12.5. The molecule has 114 valence electrons. The van der Waals surface area contributed by atoms with Gasteiger partial charge in [0.2, 0.25) is 5.70 Å². The summed E-state index contributed by atoms with van der Waals surface area (Å²) < 4.78 is 11.4. The molecule has 2 unspecified atom stereocenters. The van der Waals surface area contributed by atoms with Crippen LogP contribution >= 0.6 is 0 Å². The highest BCUT2D eigenvalue weighted by atomic mass is 16.5. The monoisotopic (exact) mass is 293 g/mol. The minimum absolute atomic E-state index is 0.0203. The quantitative estimate of drug-likeness (QED) is 0.714. The Labute approximate surface area is 124 Å². The van der Waals surface area contributed by atoms with E-state index in [-0.39, 0.29) is 28.9 Å². The number of hydrogen-bond donors (Lipinski definition) is 0. The molecule has 6 nitrogen and oxygen atoms in total. The van der Waals surface area contributed by atoms with E-state index >= 15 is 0 Å². The number of morpholine rings is 1. The Hall–Kier alpha value is -1.50. The first kappa shape index (κ1) is 14.4. The molecule has 0 aromatic carbocycles. The van der Waals surface area contributed by atoms with Gasteiger partial charge in [0, 0.05) is 13.0 Å². The van der Waals surface area contributed by atoms with E-state index in [0.717, 1.165) is 5.70 Å². The third-order valence-corrected chi connectivity index (χ3v) is 4.37. The van der Waals surface area contributed by atoms with Crippen LogP contribution in [-0.4, -0.2) is 53.8 Å². The summed E-state index contributed by atoms with van der Waals surface area (Å²) in [6.07, 6.45) is 3.64. The molecule has 0 radical (unpaired) electrons. The zero-order chi connectivity index (χ0) is 15.0. The lowest BCUT2D eigenvalue weighted by molar-refractivity contribution is -0.964. The molecule has 1 aliphatic carbocycles. The first-order valence-corrected chi connectivity index (χ1v) is 7.47. The molecule has 1 fully saturated rings. The molecule has 2 atom stereocenters. The summed E-state index contributed by atoms with van der Waals surface area (Å²) in [6.45, 7) is 6.34. The number of amides is 1. The number of allylic oxidation sites excluding steroid dienone is 3. The van der Waals surface area contributed by atoms with Gasteiger partial charge in [-0.25, -0.2) is 4.79 Å². The van der Waals surface area contributed by atoms with Gasteiger partial charge in [0.1, 0.15) is 0 Å². The van der Waals surface area contributed by atoms with Crippen LogP contribution in [0.3, 0.4) is 0 Å². The van der Waals surface area contributed by atoms with Crippen molar-refractivity contribution in [1.29, 1.82) is 0 Å². The molecule has 21 heavy (non-hydrogen) atoms. The number of carbonyl (C=O) groups excluding carboxylic acids is 2. The smallest absolute Gasteiger partial charge is 0.340 e. The summed E-state index contributed by atoms with van der Waals surface area (Å²) in [7, 11) is 0. The summed E-state index contributed by atoms with van der Waals surface area (Å²) >= 11 is 0. The van der Waals surface area contributed by atoms with Crippen LogP contribution in [0, 0.1) is 0 Å². The number of nitrogens with zero attached hydrogens (tertiary/aromatic N) is 2. The van der Waals surface area contributed by atoms with Crippen molar-refractivity contribution >= 4 is 11.7 Å². The van der Waals surface area contributed by atoms with Crippen LogP contribution in [0.2, 0.25) is 0 Å². The average molecular weight is 293 g/mol. The van der Waals surface area contributed by atoms with Crippen LogP contribution < -0.4 is 0 Å². The predicted molar refractivity (Wildman–Crippen MR) is 74.3 cm³/mol. The fourth-order valence-corrected chi connectivity index (χ4v) is 3.44. The van der Waals surface area contributed by atoms with Crippen molar-refractivity contribution in [1.82, 2.24) is 5.01 Å². The molecule has 2 aliphatic heterocycles. The third kappa shape index (κ3) is 2.06. The maximum absolute atomic E-state index is 12.8. The number of quaternary nitrogens is 1. The van der Waals surface area contributed by atoms with Gasteiger partial charge in [0.25, 0.3) is 6.23 Å². The fraction of sp³-hybridized carbons (Fsp3) is 0.600. The topological polar surface area (TPSA) is 55.8 Å². The molecule has 6 heteroatoms. The Morgan fingerprint density at radius 2 is 2.10 bits per heavy atom. The third-order valence-electron chi connectivity index (χ3n) is 4.37. The standard InChI is InChI=1S/C15H21N2O4/c1-3-15(19)17(16-6-8-20-9-7-16)11(2)21-14-10-12(18)4-5-13(14)17/h4-5,11H,3,6-10H2,1-2H3/q+1. The molecular weight excluding hydrogens is 272 g/mol. The van der Waals surface area contributed by atoms with Crippen molar-refractivity contribution in [2.75, 3.05) is 26.3 Å². The predicted octanol–water partition coefficient (Wildman–Crippen LogP) is 1.10. The highest BCUT2D eigenvalue weighted by Crippen LogP contribution is 2.41. The van der Waals surface area contributed by atoms with Gasteiger partial charge in [-0.05, 0) is 6.08 Å². The highest BCUT2D eigenvalue weighted by Gasteiger charge is 2.58. The van der Waals surface area contributed by atoms with Crippen LogP contribution in [0.15, 0.2) is 23.6 Å². The van der Waals surface area contributed by atoms with E-state index in [0.29, 0.717) is 38.5 Å². The first-order chi connectivity index (χ1) is 10.1. The van der Waals surface area contributed by atoms with Crippen LogP contribution in [0.4, 0.5) is 0 Å². The summed E-state index contributed by atoms with van der Waals surface area (Å²) in [4.78, 5) is 24.5. The first-order valence-electron chi connectivity index (χ1n) is 7.47. The zero-order valence-electron chi connectivity index (χ0n) is 12.5. The second-order valence-corrected chi connectivity index (χ2v) is 5.50. The Bertz CT molecular complexity index is 534. The molecule has 0 saturated carbocycles. The summed E-state index contributed by atoms with van der Waals surface area (Å²) in [5.41, 5.74) is 0.816. The number of ketones is 1. The maximum Gasteiger partial charge on any atom is 0.340 e. The van der Waals surface area contributed by atoms with E-state index in [1.165, 1.54) is 0 Å². The Balaban J connectivity index is 2.08. The highest BCUT2D eigenvalue weighted by molar-refractivity contribution is 5.93. The van der Waals surface area contributed by atoms with E-state index in [9.17, 15) is 9.59 Å². The van der Waals surface area contributed by atoms with Gasteiger partial charge in [0.05, 0.1) is 39.1 Å². The van der Waals surface area contributed by atoms with Crippen molar-refractivity contribution in [3.8, 4) is 0 Å². The van der Waals surface area contributed by atoms with Crippen LogP contribution in [0.1, 0.15) is 26.7 Å². The van der Waals surface area contributed by atoms with Crippen molar-refractivity contribution in [3.05, 3.63) is 23.6 Å². The lowest BCUT2D eigenvalue weighted by Crippen LogP contribution is -2.67. The molecule has 1 amide bonds. The van der Waals surface area contributed by atoms with E-state index < -0.39 is 0 Å². The molecule has 0 aromatic heterocycles. The number of rotatable bonds is 2. The van der Waals surface area contributed by atoms with E-state index in [2.05, 4.69) is 5.01 Å². The van der Waals surface area contributed by atoms with Crippen molar-refractivity contribution in [2.24, 2.45) is 0 Å². The van der Waals surface area contributed by atoms with Crippen molar-refractivity contribution in [3.63, 3.8) is 0 Å². The Morgan fingerprint density at radius 1 is 1.38 bits per heavy atom. The lowest BCUT2D eigenvalue weighted by Gasteiger charge is -2.43. The molecule has 3 aliphatic rings. The molecule has 1 saturated heterocycles. The second kappa shape index (κ2) is 5.36. The largest absolute Gasteiger partial charge is 0.438 e. The molecule has 0 spiro atoms. The van der Waals surface area contributed by atoms with Gasteiger partial charge < -0.3 is 9.47 Å². The lowest BCUT2D eigenvalue weighted by atomic mass is 10.1. The molecule has 0 bridgehead atoms. The van der Waals surface area contributed by atoms with Gasteiger partial charge in [-0.2, -0.15) is 0 Å². The summed E-state index contributed by atoms with van der Waals surface area (Å²) in [5.74, 6) is 0.753. The van der Waals surface area contributed by atoms with Gasteiger partial charge in [-0.15, -0.1) is 9.60 Å². The normalized spacial score (nSPS) is 33.0. The number of carbonyl (C=O) groups is 2.